The minimum absolute atomic E-state index is 0.0285. The second-order valence-corrected chi connectivity index (χ2v) is 9.72. The van der Waals surface area contributed by atoms with E-state index >= 15 is 0 Å². The highest BCUT2D eigenvalue weighted by Gasteiger charge is 2.25. The number of carbonyl (C=O) groups is 2. The number of imidazole rings is 1. The van der Waals surface area contributed by atoms with Crippen LogP contribution in [0.3, 0.4) is 0 Å². The Morgan fingerprint density at radius 2 is 2.00 bits per heavy atom. The number of piperidine rings is 1. The topological polar surface area (TPSA) is 125 Å². The van der Waals surface area contributed by atoms with Crippen LogP contribution in [-0.4, -0.2) is 57.8 Å². The predicted molar refractivity (Wildman–Crippen MR) is 147 cm³/mol. The number of anilines is 2. The minimum Gasteiger partial charge on any atom is -0.476 e. The smallest absolute Gasteiger partial charge is 0.254 e. The Balaban J connectivity index is 1.34. The van der Waals surface area contributed by atoms with E-state index in [1.807, 2.05) is 17.9 Å². The quantitative estimate of drug-likeness (QED) is 0.294. The molecule has 1 aliphatic rings. The number of halogens is 2. The van der Waals surface area contributed by atoms with E-state index in [1.165, 1.54) is 24.5 Å². The highest BCUT2D eigenvalue weighted by molar-refractivity contribution is 5.96. The number of fused-ring (bicyclic) bond motifs is 1. The maximum absolute atomic E-state index is 14.9. The van der Waals surface area contributed by atoms with E-state index in [-0.39, 0.29) is 17.2 Å². The van der Waals surface area contributed by atoms with Crippen molar-refractivity contribution in [1.29, 1.82) is 5.26 Å². The molecule has 3 heterocycles. The van der Waals surface area contributed by atoms with Crippen LogP contribution in [0.5, 0.6) is 5.75 Å². The third-order valence-corrected chi connectivity index (χ3v) is 7.15. The number of rotatable bonds is 9. The van der Waals surface area contributed by atoms with Crippen molar-refractivity contribution in [3.8, 4) is 23.1 Å². The second-order valence-electron chi connectivity index (χ2n) is 9.72. The normalized spacial score (nSPS) is 13.6. The summed E-state index contributed by atoms with van der Waals surface area (Å²) in [7, 11) is 0. The van der Waals surface area contributed by atoms with Crippen molar-refractivity contribution in [3.63, 3.8) is 0 Å². The van der Waals surface area contributed by atoms with Crippen molar-refractivity contribution in [1.82, 2.24) is 24.6 Å². The monoisotopic (exact) mass is 559 g/mol. The molecule has 2 amide bonds. The molecule has 2 aromatic heterocycles. The van der Waals surface area contributed by atoms with E-state index in [0.29, 0.717) is 60.4 Å². The third kappa shape index (κ3) is 5.65. The first-order valence-corrected chi connectivity index (χ1v) is 13.1. The van der Waals surface area contributed by atoms with Gasteiger partial charge in [-0.25, -0.2) is 14.4 Å². The number of nitriles is 1. The number of carbonyl (C=O) groups excluding carboxylic acids is 2. The summed E-state index contributed by atoms with van der Waals surface area (Å²) < 4.78 is 36.0. The summed E-state index contributed by atoms with van der Waals surface area (Å²) in [5, 5.41) is 14.6. The number of benzene rings is 2. The number of nitrogens with zero attached hydrogens (tertiary/aromatic N) is 5. The minimum atomic E-state index is -1.19. The van der Waals surface area contributed by atoms with Crippen LogP contribution >= 0.6 is 0 Å². The highest BCUT2D eigenvalue weighted by Crippen LogP contribution is 2.32. The molecule has 1 fully saturated rings. The molecule has 12 heteroatoms. The molecule has 4 aromatic rings. The van der Waals surface area contributed by atoms with Crippen LogP contribution in [0.2, 0.25) is 0 Å². The fourth-order valence-corrected chi connectivity index (χ4v) is 5.00. The van der Waals surface area contributed by atoms with Gasteiger partial charge < -0.3 is 20.3 Å². The number of aryl methyl sites for hydroxylation is 1. The van der Waals surface area contributed by atoms with Crippen LogP contribution in [0.25, 0.3) is 16.9 Å². The fourth-order valence-electron chi connectivity index (χ4n) is 5.00. The lowest BCUT2D eigenvalue weighted by molar-refractivity contribution is -0.109. The van der Waals surface area contributed by atoms with Gasteiger partial charge in [-0.15, -0.1) is 0 Å². The molecule has 41 heavy (non-hydrogen) atoms. The van der Waals surface area contributed by atoms with Gasteiger partial charge in [-0.2, -0.15) is 9.65 Å². The molecule has 0 spiro atoms. The molecule has 5 rings (SSSR count). The largest absolute Gasteiger partial charge is 0.476 e. The third-order valence-electron chi connectivity index (χ3n) is 7.15. The van der Waals surface area contributed by atoms with E-state index in [9.17, 15) is 18.4 Å². The molecule has 1 aliphatic heterocycles. The molecular formula is C29H27F2N7O3. The Bertz CT molecular complexity index is 1640. The first kappa shape index (κ1) is 27.5. The maximum Gasteiger partial charge on any atom is 0.254 e. The average Bonchev–Trinajstić information content (AvgIpc) is 3.42. The van der Waals surface area contributed by atoms with Crippen LogP contribution in [0.1, 0.15) is 28.8 Å². The highest BCUT2D eigenvalue weighted by atomic mass is 19.2. The van der Waals surface area contributed by atoms with Gasteiger partial charge in [-0.05, 0) is 61.6 Å². The number of hydrogen-bond acceptors (Lipinski definition) is 7. The van der Waals surface area contributed by atoms with Gasteiger partial charge >= 0.3 is 0 Å². The van der Waals surface area contributed by atoms with Gasteiger partial charge in [0, 0.05) is 48.8 Å². The van der Waals surface area contributed by atoms with Gasteiger partial charge in [-0.1, -0.05) is 0 Å². The summed E-state index contributed by atoms with van der Waals surface area (Å²) in [5.41, 5.74) is 2.73. The van der Waals surface area contributed by atoms with Gasteiger partial charge in [-0.3, -0.25) is 14.0 Å². The number of likely N-dealkylation sites (tertiary alicyclic amines) is 1. The molecular weight excluding hydrogens is 532 g/mol. The first-order valence-electron chi connectivity index (χ1n) is 13.1. The molecule has 2 aromatic carbocycles. The van der Waals surface area contributed by atoms with Crippen molar-refractivity contribution in [3.05, 3.63) is 71.7 Å². The molecule has 1 saturated heterocycles. The van der Waals surface area contributed by atoms with Gasteiger partial charge in [0.1, 0.15) is 6.07 Å². The molecule has 2 N–H and O–H groups in total. The molecule has 210 valence electrons. The molecule has 0 radical (unpaired) electrons. The summed E-state index contributed by atoms with van der Waals surface area (Å²) in [6, 6.07) is 9.75. The van der Waals surface area contributed by atoms with E-state index < -0.39 is 18.2 Å². The molecule has 0 unspecified atom stereocenters. The lowest BCUT2D eigenvalue weighted by Crippen LogP contribution is -2.40. The van der Waals surface area contributed by atoms with E-state index in [2.05, 4.69) is 20.6 Å². The fraction of sp³-hybridized carbons (Fsp3) is 0.276. The van der Waals surface area contributed by atoms with Crippen molar-refractivity contribution < 1.29 is 23.1 Å². The summed E-state index contributed by atoms with van der Waals surface area (Å²) in [4.78, 5) is 34.3. The number of aromatic nitrogens is 3. The van der Waals surface area contributed by atoms with E-state index in [0.717, 1.165) is 18.4 Å². The second kappa shape index (κ2) is 12.0. The van der Waals surface area contributed by atoms with Crippen molar-refractivity contribution in [2.75, 3.05) is 31.6 Å². The maximum atomic E-state index is 14.9. The lowest BCUT2D eigenvalue weighted by atomic mass is 9.96. The van der Waals surface area contributed by atoms with Gasteiger partial charge in [0.25, 0.3) is 5.91 Å². The number of hydrogen-bond donors (Lipinski definition) is 2. The Hall–Kier alpha value is -5.05. The SMILES string of the molecule is Cc1cc(Nc2nccn3c(-c4ccc(OCC#N)c(F)c4F)cnc23)ccc1C(=O)N1CCC(CNC=O)CC1. The van der Waals surface area contributed by atoms with Crippen molar-refractivity contribution in [2.45, 2.75) is 19.8 Å². The number of ether oxygens (including phenoxy) is 1. The molecule has 0 atom stereocenters. The van der Waals surface area contributed by atoms with Gasteiger partial charge in [0.15, 0.2) is 29.6 Å². The van der Waals surface area contributed by atoms with Crippen LogP contribution in [0.4, 0.5) is 20.3 Å². The number of amides is 2. The number of nitrogens with one attached hydrogen (secondary N) is 2. The first-order chi connectivity index (χ1) is 19.9. The summed E-state index contributed by atoms with van der Waals surface area (Å²) in [6.45, 7) is 3.36. The Morgan fingerprint density at radius 1 is 1.20 bits per heavy atom. The zero-order chi connectivity index (χ0) is 28.9. The summed E-state index contributed by atoms with van der Waals surface area (Å²) in [5.74, 6) is -1.94. The van der Waals surface area contributed by atoms with Crippen LogP contribution in [0, 0.1) is 35.8 Å². The predicted octanol–water partition coefficient (Wildman–Crippen LogP) is 4.23. The zero-order valence-corrected chi connectivity index (χ0v) is 22.2. The van der Waals surface area contributed by atoms with Gasteiger partial charge in [0.05, 0.1) is 11.9 Å². The van der Waals surface area contributed by atoms with E-state index in [1.54, 1.807) is 28.8 Å². The molecule has 0 bridgehead atoms. The van der Waals surface area contributed by atoms with E-state index in [4.69, 9.17) is 10.00 Å². The molecule has 0 saturated carbocycles. The van der Waals surface area contributed by atoms with Crippen LogP contribution in [-0.2, 0) is 4.79 Å². The average molecular weight is 560 g/mol. The lowest BCUT2D eigenvalue weighted by Gasteiger charge is -2.32. The van der Waals surface area contributed by atoms with Crippen LogP contribution in [0.15, 0.2) is 48.9 Å². The summed E-state index contributed by atoms with van der Waals surface area (Å²) >= 11 is 0. The standard InChI is InChI=1S/C29H27F2N7O3/c1-18-14-20(2-3-21(18)29(40)37-10-6-19(7-11-37)15-33-17-39)36-27-28-35-16-23(38(28)12-9-34-27)22-4-5-24(41-13-8-32)26(31)25(22)30/h2-5,9,12,14,16-17,19H,6-7,10-11,13,15H2,1H3,(H,33,39)(H,34,36). The van der Waals surface area contributed by atoms with Crippen LogP contribution < -0.4 is 15.4 Å². The van der Waals surface area contributed by atoms with Crippen molar-refractivity contribution >= 4 is 29.5 Å². The Morgan fingerprint density at radius 3 is 2.73 bits per heavy atom. The Labute approximate surface area is 234 Å². The summed E-state index contributed by atoms with van der Waals surface area (Å²) in [6.07, 6.45) is 6.89. The Kier molecular flexibility index (Phi) is 8.05. The molecule has 10 nitrogen and oxygen atoms in total. The van der Waals surface area contributed by atoms with Crippen molar-refractivity contribution in [2.24, 2.45) is 5.92 Å². The van der Waals surface area contributed by atoms with Gasteiger partial charge in [0.2, 0.25) is 12.2 Å². The zero-order valence-electron chi connectivity index (χ0n) is 22.2. The molecule has 0 aliphatic carbocycles.